The standard InChI is InChI=1S/C17H26ClN3/c1-12-4-3-5-15(8-12)21(2)17-9-13(16(18)11-20-17)10-19-14-6-7-14/h9,11-12,14-15,19H,3-8,10H2,1-2H3. The fourth-order valence-electron chi connectivity index (χ4n) is 3.28. The second-order valence-corrected chi connectivity index (χ2v) is 7.23. The predicted molar refractivity (Wildman–Crippen MR) is 88.9 cm³/mol. The Bertz CT molecular complexity index is 487. The number of pyridine rings is 1. The molecule has 4 heteroatoms. The molecule has 3 rings (SSSR count). The number of rotatable bonds is 5. The normalized spacial score (nSPS) is 25.9. The molecule has 0 bridgehead atoms. The molecule has 1 N–H and O–H groups in total. The molecule has 21 heavy (non-hydrogen) atoms. The zero-order valence-electron chi connectivity index (χ0n) is 13.1. The Morgan fingerprint density at radius 1 is 1.33 bits per heavy atom. The number of anilines is 1. The Labute approximate surface area is 133 Å². The molecule has 0 spiro atoms. The van der Waals surface area contributed by atoms with Crippen molar-refractivity contribution in [3.63, 3.8) is 0 Å². The third-order valence-electron chi connectivity index (χ3n) is 4.90. The minimum Gasteiger partial charge on any atom is -0.357 e. The van der Waals surface area contributed by atoms with Crippen molar-refractivity contribution in [1.82, 2.24) is 10.3 Å². The van der Waals surface area contributed by atoms with Gasteiger partial charge in [-0.1, -0.05) is 31.4 Å². The molecule has 0 saturated heterocycles. The molecule has 2 saturated carbocycles. The summed E-state index contributed by atoms with van der Waals surface area (Å²) < 4.78 is 0. The zero-order valence-corrected chi connectivity index (χ0v) is 13.9. The SMILES string of the molecule is CC1CCCC(N(C)c2cc(CNC3CC3)c(Cl)cn2)C1. The van der Waals surface area contributed by atoms with Gasteiger partial charge in [0.15, 0.2) is 0 Å². The maximum Gasteiger partial charge on any atom is 0.128 e. The predicted octanol–water partition coefficient (Wildman–Crippen LogP) is 4.00. The van der Waals surface area contributed by atoms with Crippen LogP contribution in [-0.4, -0.2) is 24.1 Å². The van der Waals surface area contributed by atoms with Gasteiger partial charge < -0.3 is 10.2 Å². The van der Waals surface area contributed by atoms with E-state index in [0.29, 0.717) is 12.1 Å². The summed E-state index contributed by atoms with van der Waals surface area (Å²) in [5, 5.41) is 4.31. The highest BCUT2D eigenvalue weighted by molar-refractivity contribution is 6.31. The second kappa shape index (κ2) is 6.53. The van der Waals surface area contributed by atoms with E-state index in [-0.39, 0.29) is 0 Å². The van der Waals surface area contributed by atoms with Crippen molar-refractivity contribution in [3.05, 3.63) is 22.8 Å². The molecular weight excluding hydrogens is 282 g/mol. The topological polar surface area (TPSA) is 28.2 Å². The first-order chi connectivity index (χ1) is 10.1. The van der Waals surface area contributed by atoms with Crippen molar-refractivity contribution in [2.75, 3.05) is 11.9 Å². The van der Waals surface area contributed by atoms with E-state index in [1.54, 1.807) is 0 Å². The van der Waals surface area contributed by atoms with Crippen LogP contribution in [0.3, 0.4) is 0 Å². The highest BCUT2D eigenvalue weighted by Gasteiger charge is 2.24. The highest BCUT2D eigenvalue weighted by Crippen LogP contribution is 2.30. The summed E-state index contributed by atoms with van der Waals surface area (Å²) in [6.45, 7) is 3.22. The Balaban J connectivity index is 1.69. The molecule has 0 amide bonds. The molecule has 2 aliphatic rings. The van der Waals surface area contributed by atoms with Gasteiger partial charge in [-0.15, -0.1) is 0 Å². The monoisotopic (exact) mass is 307 g/mol. The van der Waals surface area contributed by atoms with Gasteiger partial charge in [0.05, 0.1) is 5.02 Å². The van der Waals surface area contributed by atoms with E-state index in [9.17, 15) is 0 Å². The van der Waals surface area contributed by atoms with Crippen LogP contribution < -0.4 is 10.2 Å². The molecule has 1 heterocycles. The van der Waals surface area contributed by atoms with Gasteiger partial charge in [0.1, 0.15) is 5.82 Å². The van der Waals surface area contributed by atoms with Gasteiger partial charge >= 0.3 is 0 Å². The first-order valence-corrected chi connectivity index (χ1v) is 8.62. The van der Waals surface area contributed by atoms with E-state index in [0.717, 1.165) is 23.3 Å². The molecule has 2 aliphatic carbocycles. The lowest BCUT2D eigenvalue weighted by Gasteiger charge is -2.35. The van der Waals surface area contributed by atoms with Crippen LogP contribution in [0.2, 0.25) is 5.02 Å². The lowest BCUT2D eigenvalue weighted by Crippen LogP contribution is -2.36. The molecule has 116 valence electrons. The van der Waals surface area contributed by atoms with Crippen LogP contribution in [0, 0.1) is 5.92 Å². The van der Waals surface area contributed by atoms with Crippen LogP contribution in [0.1, 0.15) is 51.0 Å². The molecule has 1 aromatic heterocycles. The largest absolute Gasteiger partial charge is 0.357 e. The summed E-state index contributed by atoms with van der Waals surface area (Å²) in [6, 6.07) is 3.48. The van der Waals surface area contributed by atoms with Crippen molar-refractivity contribution in [1.29, 1.82) is 0 Å². The molecule has 0 aliphatic heterocycles. The van der Waals surface area contributed by atoms with Gasteiger partial charge in [-0.25, -0.2) is 4.98 Å². The van der Waals surface area contributed by atoms with E-state index < -0.39 is 0 Å². The maximum absolute atomic E-state index is 6.29. The number of halogens is 1. The van der Waals surface area contributed by atoms with Crippen molar-refractivity contribution >= 4 is 17.4 Å². The third kappa shape index (κ3) is 3.89. The minimum atomic E-state index is 0.617. The summed E-state index contributed by atoms with van der Waals surface area (Å²) in [4.78, 5) is 6.90. The van der Waals surface area contributed by atoms with Crippen LogP contribution >= 0.6 is 11.6 Å². The molecule has 2 fully saturated rings. The molecule has 2 atom stereocenters. The van der Waals surface area contributed by atoms with E-state index >= 15 is 0 Å². The highest BCUT2D eigenvalue weighted by atomic mass is 35.5. The molecule has 0 radical (unpaired) electrons. The Morgan fingerprint density at radius 2 is 2.14 bits per heavy atom. The van der Waals surface area contributed by atoms with Crippen LogP contribution in [0.15, 0.2) is 12.3 Å². The summed E-state index contributed by atoms with van der Waals surface area (Å²) in [5.41, 5.74) is 1.17. The lowest BCUT2D eigenvalue weighted by molar-refractivity contribution is 0.335. The first-order valence-electron chi connectivity index (χ1n) is 8.24. The molecular formula is C17H26ClN3. The number of aromatic nitrogens is 1. The summed E-state index contributed by atoms with van der Waals surface area (Å²) in [6.07, 6.45) is 9.67. The Morgan fingerprint density at radius 3 is 2.86 bits per heavy atom. The Kier molecular flexibility index (Phi) is 4.70. The summed E-state index contributed by atoms with van der Waals surface area (Å²) in [7, 11) is 2.18. The number of hydrogen-bond donors (Lipinski definition) is 1. The van der Waals surface area contributed by atoms with Crippen LogP contribution in [0.25, 0.3) is 0 Å². The average molecular weight is 308 g/mol. The zero-order chi connectivity index (χ0) is 14.8. The fourth-order valence-corrected chi connectivity index (χ4v) is 3.45. The molecule has 2 unspecified atom stereocenters. The van der Waals surface area contributed by atoms with Crippen molar-refractivity contribution in [2.45, 2.75) is 64.1 Å². The van der Waals surface area contributed by atoms with E-state index in [1.165, 1.54) is 44.1 Å². The Hall–Kier alpha value is -0.800. The smallest absolute Gasteiger partial charge is 0.128 e. The van der Waals surface area contributed by atoms with Crippen molar-refractivity contribution in [2.24, 2.45) is 5.92 Å². The molecule has 0 aromatic carbocycles. The van der Waals surface area contributed by atoms with Gasteiger partial charge in [-0.05, 0) is 43.2 Å². The third-order valence-corrected chi connectivity index (χ3v) is 5.24. The van der Waals surface area contributed by atoms with Gasteiger partial charge in [0, 0.05) is 31.9 Å². The van der Waals surface area contributed by atoms with E-state index in [4.69, 9.17) is 11.6 Å². The first kappa shape index (κ1) is 15.1. The van der Waals surface area contributed by atoms with Gasteiger partial charge in [0.25, 0.3) is 0 Å². The molecule has 3 nitrogen and oxygen atoms in total. The average Bonchev–Trinajstić information content (AvgIpc) is 3.30. The van der Waals surface area contributed by atoms with Gasteiger partial charge in [-0.3, -0.25) is 0 Å². The van der Waals surface area contributed by atoms with Gasteiger partial charge in [0.2, 0.25) is 0 Å². The van der Waals surface area contributed by atoms with Crippen LogP contribution in [-0.2, 0) is 6.54 Å². The van der Waals surface area contributed by atoms with Crippen molar-refractivity contribution in [3.8, 4) is 0 Å². The number of nitrogens with zero attached hydrogens (tertiary/aromatic N) is 2. The summed E-state index contributed by atoms with van der Waals surface area (Å²) >= 11 is 6.29. The number of nitrogens with one attached hydrogen (secondary N) is 1. The summed E-state index contributed by atoms with van der Waals surface area (Å²) in [5.74, 6) is 1.89. The maximum atomic E-state index is 6.29. The van der Waals surface area contributed by atoms with E-state index in [1.807, 2.05) is 6.20 Å². The molecule has 1 aromatic rings. The van der Waals surface area contributed by atoms with E-state index in [2.05, 4.69) is 35.2 Å². The quantitative estimate of drug-likeness (QED) is 0.891. The minimum absolute atomic E-state index is 0.617. The van der Waals surface area contributed by atoms with Crippen molar-refractivity contribution < 1.29 is 0 Å². The van der Waals surface area contributed by atoms with Crippen LogP contribution in [0.5, 0.6) is 0 Å². The van der Waals surface area contributed by atoms with Gasteiger partial charge in [-0.2, -0.15) is 0 Å². The second-order valence-electron chi connectivity index (χ2n) is 6.83. The lowest BCUT2D eigenvalue weighted by atomic mass is 9.86. The number of hydrogen-bond acceptors (Lipinski definition) is 3. The van der Waals surface area contributed by atoms with Crippen LogP contribution in [0.4, 0.5) is 5.82 Å². The fraction of sp³-hybridized carbons (Fsp3) is 0.706.